The van der Waals surface area contributed by atoms with E-state index in [-0.39, 0.29) is 0 Å². The Labute approximate surface area is 184 Å². The van der Waals surface area contributed by atoms with E-state index in [4.69, 9.17) is 9.64 Å². The number of rotatable bonds is 6. The molecule has 0 unspecified atom stereocenters. The molecule has 156 valence electrons. The lowest BCUT2D eigenvalue weighted by Gasteiger charge is -2.37. The molecule has 4 aromatic rings. The van der Waals surface area contributed by atoms with Crippen LogP contribution >= 0.6 is 0 Å². The second-order valence-corrected chi connectivity index (χ2v) is 8.84. The highest BCUT2D eigenvalue weighted by molar-refractivity contribution is 6.47. The van der Waals surface area contributed by atoms with Crippen molar-refractivity contribution in [1.82, 2.24) is 9.97 Å². The molecule has 0 radical (unpaired) electrons. The van der Waals surface area contributed by atoms with Gasteiger partial charge in [-0.2, -0.15) is 0 Å². The van der Waals surface area contributed by atoms with Gasteiger partial charge in [0.2, 0.25) is 0 Å². The van der Waals surface area contributed by atoms with Gasteiger partial charge >= 0.3 is 7.48 Å². The zero-order chi connectivity index (χ0) is 22.1. The van der Waals surface area contributed by atoms with Crippen LogP contribution in [-0.2, 0) is 4.65 Å². The minimum atomic E-state index is -0.926. The van der Waals surface area contributed by atoms with E-state index in [1.165, 1.54) is 0 Å². The molecule has 0 saturated carbocycles. The van der Waals surface area contributed by atoms with Gasteiger partial charge in [0.25, 0.3) is 0 Å². The number of aliphatic hydroxyl groups is 1. The third-order valence-corrected chi connectivity index (χ3v) is 5.98. The summed E-state index contributed by atoms with van der Waals surface area (Å²) in [6.45, 7) is 7.35. The summed E-state index contributed by atoms with van der Waals surface area (Å²) in [6.07, 6.45) is 1.79. The summed E-state index contributed by atoms with van der Waals surface area (Å²) in [5.74, 6) is 0. The smallest absolute Gasteiger partial charge is 0.309 e. The van der Waals surface area contributed by atoms with Crippen molar-refractivity contribution in [1.29, 1.82) is 0 Å². The molecular formula is C26H27BN2O2. The maximum atomic E-state index is 10.3. The molecule has 0 saturated heterocycles. The van der Waals surface area contributed by atoms with Crippen LogP contribution in [0.3, 0.4) is 0 Å². The predicted octanol–water partition coefficient (Wildman–Crippen LogP) is 4.51. The number of aromatic nitrogens is 2. The van der Waals surface area contributed by atoms with Crippen molar-refractivity contribution in [2.24, 2.45) is 0 Å². The molecule has 1 N–H and O–H groups in total. The molecule has 5 heteroatoms. The van der Waals surface area contributed by atoms with E-state index in [9.17, 15) is 5.11 Å². The first kappa shape index (κ1) is 21.2. The Morgan fingerprint density at radius 3 is 2.23 bits per heavy atom. The summed E-state index contributed by atoms with van der Waals surface area (Å²) in [4.78, 5) is 9.29. The molecule has 31 heavy (non-hydrogen) atoms. The Hall–Kier alpha value is -3.02. The monoisotopic (exact) mass is 410 g/mol. The molecule has 0 aliphatic heterocycles. The number of hydrogen-bond acceptors (Lipinski definition) is 4. The third kappa shape index (κ3) is 4.53. The fourth-order valence-corrected chi connectivity index (χ4v) is 3.28. The Bertz CT molecular complexity index is 1180. The van der Waals surface area contributed by atoms with Crippen LogP contribution in [0, 0.1) is 0 Å². The maximum absolute atomic E-state index is 10.3. The number of hydrogen-bond donors (Lipinski definition) is 1. The molecule has 0 amide bonds. The maximum Gasteiger partial charge on any atom is 0.309 e. The molecule has 0 spiro atoms. The van der Waals surface area contributed by atoms with Gasteiger partial charge in [-0.05, 0) is 63.1 Å². The first-order valence-electron chi connectivity index (χ1n) is 10.5. The van der Waals surface area contributed by atoms with Gasteiger partial charge in [0.1, 0.15) is 0 Å². The molecule has 0 fully saturated rings. The van der Waals surface area contributed by atoms with Crippen molar-refractivity contribution >= 4 is 23.8 Å². The summed E-state index contributed by atoms with van der Waals surface area (Å²) in [6, 6.07) is 24.5. The van der Waals surface area contributed by atoms with Crippen LogP contribution in [0.2, 0.25) is 0 Å². The molecule has 0 aliphatic rings. The van der Waals surface area contributed by atoms with Gasteiger partial charge in [-0.15, -0.1) is 0 Å². The van der Waals surface area contributed by atoms with E-state index < -0.39 is 11.2 Å². The summed E-state index contributed by atoms with van der Waals surface area (Å²) in [7, 11) is 0.438. The zero-order valence-electron chi connectivity index (χ0n) is 18.5. The van der Waals surface area contributed by atoms with E-state index in [0.717, 1.165) is 38.9 Å². The fraction of sp³-hybridized carbons (Fsp3) is 0.231. The van der Waals surface area contributed by atoms with Gasteiger partial charge in [0.05, 0.1) is 28.1 Å². The normalized spacial score (nSPS) is 12.2. The van der Waals surface area contributed by atoms with Crippen LogP contribution in [-0.4, -0.2) is 33.8 Å². The van der Waals surface area contributed by atoms with Gasteiger partial charge in [-0.1, -0.05) is 54.0 Å². The summed E-state index contributed by atoms with van der Waals surface area (Å²) >= 11 is 0. The fourth-order valence-electron chi connectivity index (χ4n) is 3.28. The van der Waals surface area contributed by atoms with Crippen LogP contribution in [0.4, 0.5) is 0 Å². The quantitative estimate of drug-likeness (QED) is 0.476. The second kappa shape index (κ2) is 8.25. The van der Waals surface area contributed by atoms with E-state index in [0.29, 0.717) is 7.48 Å². The predicted molar refractivity (Wildman–Crippen MR) is 129 cm³/mol. The van der Waals surface area contributed by atoms with Gasteiger partial charge < -0.3 is 9.76 Å². The van der Waals surface area contributed by atoms with Crippen LogP contribution in [0.1, 0.15) is 27.7 Å². The second-order valence-electron chi connectivity index (χ2n) is 8.84. The molecule has 2 heterocycles. The Morgan fingerprint density at radius 2 is 1.55 bits per heavy atom. The minimum absolute atomic E-state index is 0.438. The number of pyridine rings is 2. The van der Waals surface area contributed by atoms with Crippen molar-refractivity contribution in [3.8, 4) is 22.5 Å². The van der Waals surface area contributed by atoms with Crippen molar-refractivity contribution in [3.63, 3.8) is 0 Å². The van der Waals surface area contributed by atoms with Gasteiger partial charge in [0.15, 0.2) is 0 Å². The van der Waals surface area contributed by atoms with Crippen LogP contribution in [0.15, 0.2) is 79.0 Å². The van der Waals surface area contributed by atoms with Gasteiger partial charge in [0, 0.05) is 11.6 Å². The SMILES string of the molecule is CC(C)(O)C(C)(C)OBc1ccc(-c2cc(-c3ccccn3)nc3ccccc23)cc1. The largest absolute Gasteiger partial charge is 0.427 e. The van der Waals surface area contributed by atoms with Crippen LogP contribution in [0.5, 0.6) is 0 Å². The molecule has 0 aliphatic carbocycles. The molecule has 0 atom stereocenters. The van der Waals surface area contributed by atoms with E-state index >= 15 is 0 Å². The average molecular weight is 410 g/mol. The molecular weight excluding hydrogens is 383 g/mol. The lowest BCUT2D eigenvalue weighted by molar-refractivity contribution is -0.0893. The number of nitrogens with zero attached hydrogens (tertiary/aromatic N) is 2. The minimum Gasteiger partial charge on any atom is -0.427 e. The third-order valence-electron chi connectivity index (χ3n) is 5.98. The van der Waals surface area contributed by atoms with Crippen molar-refractivity contribution < 1.29 is 9.76 Å². The van der Waals surface area contributed by atoms with Crippen molar-refractivity contribution in [2.45, 2.75) is 38.9 Å². The van der Waals surface area contributed by atoms with E-state index in [2.05, 4.69) is 41.4 Å². The van der Waals surface area contributed by atoms with E-state index in [1.807, 2.05) is 50.2 Å². The van der Waals surface area contributed by atoms with Crippen LogP contribution < -0.4 is 5.46 Å². The molecule has 2 aromatic heterocycles. The summed E-state index contributed by atoms with van der Waals surface area (Å²) < 4.78 is 6.00. The Kier molecular flexibility index (Phi) is 5.65. The molecule has 4 rings (SSSR count). The highest BCUT2D eigenvalue weighted by Gasteiger charge is 2.35. The summed E-state index contributed by atoms with van der Waals surface area (Å²) in [5, 5.41) is 11.4. The van der Waals surface area contributed by atoms with Crippen molar-refractivity contribution in [3.05, 3.63) is 79.0 Å². The number of fused-ring (bicyclic) bond motifs is 1. The highest BCUT2D eigenvalue weighted by Crippen LogP contribution is 2.31. The van der Waals surface area contributed by atoms with Crippen LogP contribution in [0.25, 0.3) is 33.4 Å². The van der Waals surface area contributed by atoms with Crippen molar-refractivity contribution in [2.75, 3.05) is 0 Å². The first-order valence-corrected chi connectivity index (χ1v) is 10.5. The molecule has 2 aromatic carbocycles. The van der Waals surface area contributed by atoms with Gasteiger partial charge in [-0.3, -0.25) is 4.98 Å². The summed E-state index contributed by atoms with van der Waals surface area (Å²) in [5.41, 5.74) is 4.37. The highest BCUT2D eigenvalue weighted by atomic mass is 16.5. The Balaban J connectivity index is 1.67. The topological polar surface area (TPSA) is 55.2 Å². The molecule has 0 bridgehead atoms. The first-order chi connectivity index (χ1) is 14.7. The number of para-hydroxylation sites is 1. The molecule has 4 nitrogen and oxygen atoms in total. The zero-order valence-corrected chi connectivity index (χ0v) is 18.5. The lowest BCUT2D eigenvalue weighted by atomic mass is 9.82. The lowest BCUT2D eigenvalue weighted by Crippen LogP contribution is -2.49. The number of benzene rings is 2. The Morgan fingerprint density at radius 1 is 0.839 bits per heavy atom. The average Bonchev–Trinajstić information content (AvgIpc) is 2.77. The standard InChI is InChI=1S/C26H27BN2O2/c1-25(2,30)26(3,4)31-27-19-14-12-18(13-15-19)21-17-24(23-11-7-8-16-28-23)29-22-10-6-5-9-20(21)22/h5-17,27,30H,1-4H3. The van der Waals surface area contributed by atoms with E-state index in [1.54, 1.807) is 20.0 Å². The van der Waals surface area contributed by atoms with Gasteiger partial charge in [-0.25, -0.2) is 4.98 Å².